The van der Waals surface area contributed by atoms with Gasteiger partial charge in [0, 0.05) is 0 Å². The van der Waals surface area contributed by atoms with Crippen molar-refractivity contribution in [1.82, 2.24) is 9.97 Å². The molecule has 0 bridgehead atoms. The fourth-order valence-electron chi connectivity index (χ4n) is 1.19. The standard InChI is InChI=1S/C11H11N3O2/c12-9-6-13-11(14-10(9)15)16-7-8-4-2-1-3-5-8/h1-6H,7,12H2,(H,13,14,15). The molecule has 1 heterocycles. The molecule has 2 rings (SSSR count). The molecule has 0 atom stereocenters. The van der Waals surface area contributed by atoms with Gasteiger partial charge < -0.3 is 10.5 Å². The van der Waals surface area contributed by atoms with Crippen LogP contribution in [0.4, 0.5) is 5.69 Å². The van der Waals surface area contributed by atoms with Gasteiger partial charge in [-0.1, -0.05) is 30.3 Å². The SMILES string of the molecule is Nc1cnc(OCc2ccccc2)[nH]c1=O. The van der Waals surface area contributed by atoms with Crippen LogP contribution in [0.15, 0.2) is 41.3 Å². The molecule has 3 N–H and O–H groups in total. The number of ether oxygens (including phenoxy) is 1. The molecule has 0 aliphatic heterocycles. The number of rotatable bonds is 3. The lowest BCUT2D eigenvalue weighted by Crippen LogP contribution is -2.14. The van der Waals surface area contributed by atoms with Crippen LogP contribution in [0, 0.1) is 0 Å². The Morgan fingerprint density at radius 1 is 1.31 bits per heavy atom. The highest BCUT2D eigenvalue weighted by molar-refractivity contribution is 5.31. The van der Waals surface area contributed by atoms with Gasteiger partial charge in [0.2, 0.25) is 0 Å². The number of nitrogen functional groups attached to an aromatic ring is 1. The zero-order valence-electron chi connectivity index (χ0n) is 8.51. The third kappa shape index (κ3) is 2.38. The Kier molecular flexibility index (Phi) is 2.86. The van der Waals surface area contributed by atoms with Crippen molar-refractivity contribution >= 4 is 5.69 Å². The molecule has 16 heavy (non-hydrogen) atoms. The highest BCUT2D eigenvalue weighted by atomic mass is 16.5. The molecule has 2 aromatic rings. The number of benzene rings is 1. The Bertz CT molecular complexity index is 522. The maximum atomic E-state index is 11.2. The van der Waals surface area contributed by atoms with Crippen LogP contribution in [0.25, 0.3) is 0 Å². The summed E-state index contributed by atoms with van der Waals surface area (Å²) in [6.07, 6.45) is 1.28. The zero-order valence-corrected chi connectivity index (χ0v) is 8.51. The number of hydrogen-bond acceptors (Lipinski definition) is 4. The number of aromatic nitrogens is 2. The summed E-state index contributed by atoms with van der Waals surface area (Å²) in [6, 6.07) is 9.77. The molecule has 82 valence electrons. The first-order valence-corrected chi connectivity index (χ1v) is 4.77. The number of anilines is 1. The van der Waals surface area contributed by atoms with Gasteiger partial charge in [0.1, 0.15) is 12.3 Å². The minimum atomic E-state index is -0.391. The second kappa shape index (κ2) is 4.48. The topological polar surface area (TPSA) is 81.0 Å². The molecule has 0 saturated carbocycles. The van der Waals surface area contributed by atoms with Gasteiger partial charge in [-0.15, -0.1) is 0 Å². The van der Waals surface area contributed by atoms with Gasteiger partial charge in [0.25, 0.3) is 11.6 Å². The van der Waals surface area contributed by atoms with Gasteiger partial charge in [-0.25, -0.2) is 4.98 Å². The van der Waals surface area contributed by atoms with E-state index in [0.29, 0.717) is 6.61 Å². The number of nitrogens with one attached hydrogen (secondary N) is 1. The monoisotopic (exact) mass is 217 g/mol. The number of nitrogens with zero attached hydrogens (tertiary/aromatic N) is 1. The van der Waals surface area contributed by atoms with Gasteiger partial charge in [0.15, 0.2) is 0 Å². The predicted octanol–water partition coefficient (Wildman–Crippen LogP) is 0.931. The van der Waals surface area contributed by atoms with E-state index in [0.717, 1.165) is 5.56 Å². The van der Waals surface area contributed by atoms with Gasteiger partial charge in [0.05, 0.1) is 6.20 Å². The van der Waals surface area contributed by atoms with Crippen LogP contribution in [-0.2, 0) is 6.61 Å². The molecule has 0 aliphatic rings. The summed E-state index contributed by atoms with van der Waals surface area (Å²) in [5.41, 5.74) is 6.02. The first-order valence-electron chi connectivity index (χ1n) is 4.77. The van der Waals surface area contributed by atoms with Crippen molar-refractivity contribution in [2.75, 3.05) is 5.73 Å². The molecule has 0 aliphatic carbocycles. The predicted molar refractivity (Wildman–Crippen MR) is 60.0 cm³/mol. The lowest BCUT2D eigenvalue weighted by molar-refractivity contribution is 0.280. The lowest BCUT2D eigenvalue weighted by atomic mass is 10.2. The molecule has 0 amide bonds. The Morgan fingerprint density at radius 2 is 2.06 bits per heavy atom. The summed E-state index contributed by atoms with van der Waals surface area (Å²) in [5, 5.41) is 0. The normalized spacial score (nSPS) is 10.0. The van der Waals surface area contributed by atoms with E-state index in [4.69, 9.17) is 10.5 Å². The van der Waals surface area contributed by atoms with Gasteiger partial charge >= 0.3 is 0 Å². The molecule has 5 heteroatoms. The van der Waals surface area contributed by atoms with E-state index in [1.807, 2.05) is 30.3 Å². The fourth-order valence-corrected chi connectivity index (χ4v) is 1.19. The Hall–Kier alpha value is -2.30. The van der Waals surface area contributed by atoms with E-state index in [-0.39, 0.29) is 11.7 Å². The van der Waals surface area contributed by atoms with Gasteiger partial charge in [-0.05, 0) is 5.56 Å². The summed E-state index contributed by atoms with van der Waals surface area (Å²) in [6.45, 7) is 0.355. The maximum Gasteiger partial charge on any atom is 0.296 e. The van der Waals surface area contributed by atoms with Crippen molar-refractivity contribution in [1.29, 1.82) is 0 Å². The van der Waals surface area contributed by atoms with Crippen LogP contribution < -0.4 is 16.0 Å². The van der Waals surface area contributed by atoms with E-state index in [1.165, 1.54) is 6.20 Å². The van der Waals surface area contributed by atoms with Gasteiger partial charge in [-0.2, -0.15) is 0 Å². The van der Waals surface area contributed by atoms with Crippen LogP contribution in [0.3, 0.4) is 0 Å². The Morgan fingerprint density at radius 3 is 2.75 bits per heavy atom. The van der Waals surface area contributed by atoms with Crippen LogP contribution >= 0.6 is 0 Å². The number of nitrogens with two attached hydrogens (primary N) is 1. The highest BCUT2D eigenvalue weighted by Crippen LogP contribution is 2.04. The van der Waals surface area contributed by atoms with E-state index in [2.05, 4.69) is 9.97 Å². The third-order valence-electron chi connectivity index (χ3n) is 2.02. The number of aromatic amines is 1. The molecule has 0 fully saturated rings. The first kappa shape index (κ1) is 10.2. The molecular formula is C11H11N3O2. The second-order valence-electron chi connectivity index (χ2n) is 3.25. The quantitative estimate of drug-likeness (QED) is 0.801. The molecule has 0 spiro atoms. The van der Waals surface area contributed by atoms with E-state index in [1.54, 1.807) is 0 Å². The van der Waals surface area contributed by atoms with Crippen LogP contribution in [0.5, 0.6) is 6.01 Å². The van der Waals surface area contributed by atoms with Crippen molar-refractivity contribution in [3.8, 4) is 6.01 Å². The van der Waals surface area contributed by atoms with Crippen LogP contribution in [-0.4, -0.2) is 9.97 Å². The van der Waals surface area contributed by atoms with Crippen molar-refractivity contribution < 1.29 is 4.74 Å². The zero-order chi connectivity index (χ0) is 11.4. The highest BCUT2D eigenvalue weighted by Gasteiger charge is 2.00. The molecular weight excluding hydrogens is 206 g/mol. The summed E-state index contributed by atoms with van der Waals surface area (Å²) in [5.74, 6) is 0. The maximum absolute atomic E-state index is 11.2. The second-order valence-corrected chi connectivity index (χ2v) is 3.25. The van der Waals surface area contributed by atoms with E-state index in [9.17, 15) is 4.79 Å². The van der Waals surface area contributed by atoms with Crippen molar-refractivity contribution in [2.45, 2.75) is 6.61 Å². The Labute approximate surface area is 91.9 Å². The fraction of sp³-hybridized carbons (Fsp3) is 0.0909. The molecule has 0 saturated heterocycles. The Balaban J connectivity index is 2.05. The summed E-state index contributed by atoms with van der Waals surface area (Å²) >= 11 is 0. The minimum Gasteiger partial charge on any atom is -0.460 e. The summed E-state index contributed by atoms with van der Waals surface area (Å²) in [7, 11) is 0. The molecule has 1 aromatic heterocycles. The molecule has 1 aromatic carbocycles. The molecule has 0 unspecified atom stereocenters. The largest absolute Gasteiger partial charge is 0.460 e. The molecule has 5 nitrogen and oxygen atoms in total. The van der Waals surface area contributed by atoms with E-state index < -0.39 is 5.56 Å². The third-order valence-corrected chi connectivity index (χ3v) is 2.02. The van der Waals surface area contributed by atoms with Crippen molar-refractivity contribution in [3.63, 3.8) is 0 Å². The summed E-state index contributed by atoms with van der Waals surface area (Å²) < 4.78 is 5.31. The lowest BCUT2D eigenvalue weighted by Gasteiger charge is -2.04. The molecule has 0 radical (unpaired) electrons. The van der Waals surface area contributed by atoms with Crippen LogP contribution in [0.2, 0.25) is 0 Å². The number of hydrogen-bond donors (Lipinski definition) is 2. The van der Waals surface area contributed by atoms with Crippen molar-refractivity contribution in [3.05, 3.63) is 52.4 Å². The number of H-pyrrole nitrogens is 1. The van der Waals surface area contributed by atoms with E-state index >= 15 is 0 Å². The average molecular weight is 217 g/mol. The smallest absolute Gasteiger partial charge is 0.296 e. The minimum absolute atomic E-state index is 0.0760. The average Bonchev–Trinajstić information content (AvgIpc) is 2.32. The van der Waals surface area contributed by atoms with Crippen LogP contribution in [0.1, 0.15) is 5.56 Å². The van der Waals surface area contributed by atoms with Crippen molar-refractivity contribution in [2.24, 2.45) is 0 Å². The van der Waals surface area contributed by atoms with Gasteiger partial charge in [-0.3, -0.25) is 9.78 Å². The first-order chi connectivity index (χ1) is 7.75. The summed E-state index contributed by atoms with van der Waals surface area (Å²) in [4.78, 5) is 17.4.